The fourth-order valence-corrected chi connectivity index (χ4v) is 3.29. The third-order valence-electron chi connectivity index (χ3n) is 3.91. The summed E-state index contributed by atoms with van der Waals surface area (Å²) in [4.78, 5) is 12.9. The van der Waals surface area contributed by atoms with Crippen molar-refractivity contribution in [2.24, 2.45) is 0 Å². The van der Waals surface area contributed by atoms with Crippen LogP contribution in [0.15, 0.2) is 60.7 Å². The second-order valence-corrected chi connectivity index (χ2v) is 8.25. The van der Waals surface area contributed by atoms with Crippen molar-refractivity contribution in [3.8, 4) is 0 Å². The van der Waals surface area contributed by atoms with E-state index in [0.717, 1.165) is 16.0 Å². The topological polar surface area (TPSA) is 33.5 Å². The zero-order valence-corrected chi connectivity index (χ0v) is 16.3. The maximum Gasteiger partial charge on any atom is 0.262 e. The van der Waals surface area contributed by atoms with Crippen LogP contribution in [0, 0.1) is 0 Å². The predicted molar refractivity (Wildman–Crippen MR) is 104 cm³/mol. The van der Waals surface area contributed by atoms with Crippen molar-refractivity contribution in [1.29, 1.82) is 0 Å². The standard InChI is InChI=1S/C19H21Cl3N2O/c1-2-17(25)23-18(19(20,21)22)24(13-15-9-5-3-6-10-15)14-16-11-7-4-8-12-16/h3-12,18H,2,13-14H2,1H3,(H,23,25)/p+1. The Morgan fingerprint density at radius 2 is 1.40 bits per heavy atom. The minimum atomic E-state index is -1.62. The normalized spacial score (nSPS) is 12.8. The lowest BCUT2D eigenvalue weighted by atomic mass is 10.1. The number of halogens is 3. The van der Waals surface area contributed by atoms with Crippen LogP contribution in [-0.4, -0.2) is 15.9 Å². The molecule has 0 aliphatic heterocycles. The van der Waals surface area contributed by atoms with Gasteiger partial charge in [0.2, 0.25) is 12.1 Å². The largest absolute Gasteiger partial charge is 0.304 e. The lowest BCUT2D eigenvalue weighted by Gasteiger charge is -2.33. The van der Waals surface area contributed by atoms with Crippen molar-refractivity contribution in [2.75, 3.05) is 0 Å². The molecule has 0 radical (unpaired) electrons. The highest BCUT2D eigenvalue weighted by molar-refractivity contribution is 6.68. The fraction of sp³-hybridized carbons (Fsp3) is 0.316. The SMILES string of the molecule is CCC(=O)NC([NH+](Cc1ccccc1)Cc1ccccc1)C(Cl)(Cl)Cl. The molecule has 0 spiro atoms. The number of amides is 1. The predicted octanol–water partition coefficient (Wildman–Crippen LogP) is 3.49. The van der Waals surface area contributed by atoms with Gasteiger partial charge in [0.05, 0.1) is 0 Å². The molecule has 0 aromatic heterocycles. The monoisotopic (exact) mass is 399 g/mol. The molecule has 1 amide bonds. The number of alkyl halides is 3. The molecule has 3 nitrogen and oxygen atoms in total. The molecule has 0 bridgehead atoms. The summed E-state index contributed by atoms with van der Waals surface area (Å²) in [5.74, 6) is -0.144. The second-order valence-electron chi connectivity index (χ2n) is 5.88. The molecule has 2 aromatic rings. The Hall–Kier alpha value is -1.26. The molecular weight excluding hydrogens is 379 g/mol. The number of carbonyl (C=O) groups excluding carboxylic acids is 1. The van der Waals surface area contributed by atoms with Crippen LogP contribution in [0.5, 0.6) is 0 Å². The smallest absolute Gasteiger partial charge is 0.262 e. The average molecular weight is 401 g/mol. The number of nitrogens with one attached hydrogen (secondary N) is 2. The molecular formula is C19H22Cl3N2O+. The minimum absolute atomic E-state index is 0.144. The number of benzene rings is 2. The van der Waals surface area contributed by atoms with Gasteiger partial charge in [-0.15, -0.1) is 0 Å². The number of carbonyl (C=O) groups is 1. The molecule has 1 unspecified atom stereocenters. The van der Waals surface area contributed by atoms with Crippen molar-refractivity contribution in [3.63, 3.8) is 0 Å². The lowest BCUT2D eigenvalue weighted by Crippen LogP contribution is -3.17. The first-order valence-corrected chi connectivity index (χ1v) is 9.32. The molecule has 0 aliphatic carbocycles. The quantitative estimate of drug-likeness (QED) is 0.541. The van der Waals surface area contributed by atoms with Gasteiger partial charge in [-0.2, -0.15) is 0 Å². The van der Waals surface area contributed by atoms with E-state index in [4.69, 9.17) is 34.8 Å². The van der Waals surface area contributed by atoms with Crippen LogP contribution >= 0.6 is 34.8 Å². The maximum absolute atomic E-state index is 12.0. The summed E-state index contributed by atoms with van der Waals surface area (Å²) < 4.78 is -1.62. The van der Waals surface area contributed by atoms with Crippen LogP contribution in [0.25, 0.3) is 0 Å². The van der Waals surface area contributed by atoms with E-state index in [1.54, 1.807) is 6.92 Å². The van der Waals surface area contributed by atoms with Crippen molar-refractivity contribution >= 4 is 40.7 Å². The van der Waals surface area contributed by atoms with Gasteiger partial charge < -0.3 is 10.2 Å². The first-order valence-electron chi connectivity index (χ1n) is 8.18. The summed E-state index contributed by atoms with van der Waals surface area (Å²) >= 11 is 18.7. The number of rotatable bonds is 7. The van der Waals surface area contributed by atoms with Gasteiger partial charge in [0, 0.05) is 17.5 Å². The summed E-state index contributed by atoms with van der Waals surface area (Å²) in [5, 5.41) is 2.88. The van der Waals surface area contributed by atoms with Gasteiger partial charge >= 0.3 is 0 Å². The van der Waals surface area contributed by atoms with Crippen LogP contribution in [0.1, 0.15) is 24.5 Å². The molecule has 0 saturated heterocycles. The molecule has 1 atom stereocenters. The van der Waals surface area contributed by atoms with Gasteiger partial charge in [-0.25, -0.2) is 0 Å². The minimum Gasteiger partial charge on any atom is -0.304 e. The van der Waals surface area contributed by atoms with Crippen molar-refractivity contribution in [1.82, 2.24) is 5.32 Å². The van der Waals surface area contributed by atoms with Crippen LogP contribution in [0.2, 0.25) is 0 Å². The van der Waals surface area contributed by atoms with E-state index in [2.05, 4.69) is 5.32 Å². The Kier molecular flexibility index (Phi) is 7.57. The molecule has 2 aromatic carbocycles. The Labute approximate surface area is 163 Å². The maximum atomic E-state index is 12.0. The first-order chi connectivity index (χ1) is 11.9. The van der Waals surface area contributed by atoms with Crippen molar-refractivity contribution in [2.45, 2.75) is 36.4 Å². The van der Waals surface area contributed by atoms with Gasteiger partial charge in [0.25, 0.3) is 3.79 Å². The third-order valence-corrected chi connectivity index (χ3v) is 4.56. The Morgan fingerprint density at radius 3 is 1.76 bits per heavy atom. The van der Waals surface area contributed by atoms with Crippen LogP contribution in [-0.2, 0) is 17.9 Å². The molecule has 0 heterocycles. The Bertz CT molecular complexity index is 618. The van der Waals surface area contributed by atoms with E-state index in [0.29, 0.717) is 19.5 Å². The summed E-state index contributed by atoms with van der Waals surface area (Å²) in [6, 6.07) is 20.0. The Morgan fingerprint density at radius 1 is 0.960 bits per heavy atom. The third kappa shape index (κ3) is 6.52. The molecule has 0 fully saturated rings. The summed E-state index contributed by atoms with van der Waals surface area (Å²) in [5.41, 5.74) is 2.22. The second kappa shape index (κ2) is 9.44. The van der Waals surface area contributed by atoms with E-state index in [-0.39, 0.29) is 5.91 Å². The molecule has 25 heavy (non-hydrogen) atoms. The molecule has 0 aliphatic rings. The lowest BCUT2D eigenvalue weighted by molar-refractivity contribution is -0.954. The van der Waals surface area contributed by atoms with Gasteiger partial charge in [-0.1, -0.05) is 102 Å². The van der Waals surface area contributed by atoms with Gasteiger partial charge in [-0.05, 0) is 0 Å². The van der Waals surface area contributed by atoms with Crippen molar-refractivity contribution in [3.05, 3.63) is 71.8 Å². The van der Waals surface area contributed by atoms with Gasteiger partial charge in [0.15, 0.2) is 0 Å². The van der Waals surface area contributed by atoms with Crippen molar-refractivity contribution < 1.29 is 9.69 Å². The molecule has 2 N–H and O–H groups in total. The highest BCUT2D eigenvalue weighted by Crippen LogP contribution is 2.28. The van der Waals surface area contributed by atoms with Gasteiger partial charge in [0.1, 0.15) is 13.1 Å². The Balaban J connectivity index is 2.30. The summed E-state index contributed by atoms with van der Waals surface area (Å²) in [7, 11) is 0. The van der Waals surface area contributed by atoms with Crippen LogP contribution in [0.4, 0.5) is 0 Å². The van der Waals surface area contributed by atoms with Crippen LogP contribution in [0.3, 0.4) is 0 Å². The zero-order chi connectivity index (χ0) is 18.3. The zero-order valence-electron chi connectivity index (χ0n) is 14.0. The molecule has 134 valence electrons. The average Bonchev–Trinajstić information content (AvgIpc) is 2.59. The number of hydrogen-bond acceptors (Lipinski definition) is 1. The van der Waals surface area contributed by atoms with Gasteiger partial charge in [-0.3, -0.25) is 4.79 Å². The van der Waals surface area contributed by atoms with E-state index in [1.807, 2.05) is 60.7 Å². The first kappa shape index (κ1) is 20.1. The van der Waals surface area contributed by atoms with E-state index >= 15 is 0 Å². The van der Waals surface area contributed by atoms with E-state index < -0.39 is 9.96 Å². The molecule has 0 saturated carbocycles. The number of quaternary nitrogens is 1. The van der Waals surface area contributed by atoms with E-state index in [9.17, 15) is 4.79 Å². The van der Waals surface area contributed by atoms with E-state index in [1.165, 1.54) is 0 Å². The summed E-state index contributed by atoms with van der Waals surface area (Å²) in [6.07, 6.45) is -0.327. The van der Waals surface area contributed by atoms with Crippen LogP contribution < -0.4 is 10.2 Å². The number of hydrogen-bond donors (Lipinski definition) is 2. The fourth-order valence-electron chi connectivity index (χ4n) is 2.66. The summed E-state index contributed by atoms with van der Waals surface area (Å²) in [6.45, 7) is 3.02. The molecule has 6 heteroatoms. The molecule has 2 rings (SSSR count). The highest BCUT2D eigenvalue weighted by atomic mass is 35.6. The highest BCUT2D eigenvalue weighted by Gasteiger charge is 2.42.